The van der Waals surface area contributed by atoms with Crippen LogP contribution in [0.1, 0.15) is 35.2 Å². The summed E-state index contributed by atoms with van der Waals surface area (Å²) >= 11 is 3.37. The van der Waals surface area contributed by atoms with Crippen molar-refractivity contribution in [3.63, 3.8) is 0 Å². The van der Waals surface area contributed by atoms with Gasteiger partial charge >= 0.3 is 5.97 Å². The molecule has 1 aromatic carbocycles. The minimum atomic E-state index is -0.750. The fourth-order valence-corrected chi connectivity index (χ4v) is 3.41. The normalized spacial score (nSPS) is 21.7. The van der Waals surface area contributed by atoms with E-state index in [1.54, 1.807) is 6.07 Å². The summed E-state index contributed by atoms with van der Waals surface area (Å²) in [5.74, 6) is -1.17. The van der Waals surface area contributed by atoms with E-state index in [4.69, 9.17) is 5.11 Å². The largest absolute Gasteiger partial charge is 0.481 e. The third kappa shape index (κ3) is 3.60. The van der Waals surface area contributed by atoms with Crippen molar-refractivity contribution in [2.45, 2.75) is 26.2 Å². The Morgan fingerprint density at radius 1 is 1.35 bits per heavy atom. The second kappa shape index (κ2) is 6.39. The number of carbonyl (C=O) groups is 2. The van der Waals surface area contributed by atoms with Gasteiger partial charge in [0, 0.05) is 16.6 Å². The van der Waals surface area contributed by atoms with Crippen LogP contribution in [-0.2, 0) is 4.79 Å². The summed E-state index contributed by atoms with van der Waals surface area (Å²) in [6, 6.07) is 5.53. The lowest BCUT2D eigenvalue weighted by atomic mass is 9.96. The Morgan fingerprint density at radius 3 is 2.75 bits per heavy atom. The first-order valence-corrected chi connectivity index (χ1v) is 7.55. The highest BCUT2D eigenvalue weighted by Crippen LogP contribution is 2.31. The van der Waals surface area contributed by atoms with E-state index in [2.05, 4.69) is 21.2 Å². The third-order valence-electron chi connectivity index (χ3n) is 3.81. The number of hydrogen-bond acceptors (Lipinski definition) is 2. The number of amides is 1. The molecule has 2 N–H and O–H groups in total. The molecule has 4 nitrogen and oxygen atoms in total. The molecule has 1 saturated carbocycles. The molecule has 2 unspecified atom stereocenters. The molecule has 0 heterocycles. The van der Waals surface area contributed by atoms with E-state index in [-0.39, 0.29) is 17.7 Å². The minimum absolute atomic E-state index is 0.0460. The minimum Gasteiger partial charge on any atom is -0.481 e. The van der Waals surface area contributed by atoms with Crippen LogP contribution >= 0.6 is 15.9 Å². The van der Waals surface area contributed by atoms with Crippen molar-refractivity contribution in [2.75, 3.05) is 6.54 Å². The van der Waals surface area contributed by atoms with Gasteiger partial charge in [-0.25, -0.2) is 0 Å². The van der Waals surface area contributed by atoms with Crippen LogP contribution in [0.2, 0.25) is 0 Å². The zero-order chi connectivity index (χ0) is 14.7. The van der Waals surface area contributed by atoms with Crippen LogP contribution in [0.3, 0.4) is 0 Å². The van der Waals surface area contributed by atoms with Gasteiger partial charge in [-0.15, -0.1) is 0 Å². The predicted octanol–water partition coefficient (Wildman–Crippen LogP) is 2.99. The van der Waals surface area contributed by atoms with Gasteiger partial charge in [0.05, 0.1) is 5.92 Å². The number of aryl methyl sites for hydroxylation is 1. The Morgan fingerprint density at radius 2 is 2.10 bits per heavy atom. The van der Waals surface area contributed by atoms with Crippen LogP contribution in [0.25, 0.3) is 0 Å². The van der Waals surface area contributed by atoms with Gasteiger partial charge in [0.15, 0.2) is 0 Å². The van der Waals surface area contributed by atoms with Gasteiger partial charge < -0.3 is 10.4 Å². The van der Waals surface area contributed by atoms with Crippen molar-refractivity contribution in [1.82, 2.24) is 5.32 Å². The fraction of sp³-hybridized carbons (Fsp3) is 0.467. The van der Waals surface area contributed by atoms with Gasteiger partial charge in [-0.05, 0) is 49.4 Å². The van der Waals surface area contributed by atoms with E-state index in [1.165, 1.54) is 0 Å². The second-order valence-electron chi connectivity index (χ2n) is 5.36. The van der Waals surface area contributed by atoms with E-state index in [0.29, 0.717) is 18.5 Å². The highest BCUT2D eigenvalue weighted by molar-refractivity contribution is 9.10. The summed E-state index contributed by atoms with van der Waals surface area (Å²) in [5, 5.41) is 12.0. The van der Waals surface area contributed by atoms with Crippen LogP contribution in [0.5, 0.6) is 0 Å². The number of benzene rings is 1. The number of carbonyl (C=O) groups excluding carboxylic acids is 1. The number of carboxylic acid groups (broad SMARTS) is 1. The highest BCUT2D eigenvalue weighted by atomic mass is 79.9. The van der Waals surface area contributed by atoms with Crippen LogP contribution in [0.4, 0.5) is 0 Å². The van der Waals surface area contributed by atoms with Gasteiger partial charge in [0.25, 0.3) is 5.91 Å². The van der Waals surface area contributed by atoms with Gasteiger partial charge in [-0.2, -0.15) is 0 Å². The van der Waals surface area contributed by atoms with Gasteiger partial charge in [0.1, 0.15) is 0 Å². The van der Waals surface area contributed by atoms with Crippen molar-refractivity contribution >= 4 is 27.8 Å². The molecule has 1 aliphatic rings. The number of nitrogens with one attached hydrogen (secondary N) is 1. The van der Waals surface area contributed by atoms with Gasteiger partial charge in [-0.3, -0.25) is 9.59 Å². The van der Waals surface area contributed by atoms with Crippen molar-refractivity contribution in [1.29, 1.82) is 0 Å². The Bertz CT molecular complexity index is 510. The quantitative estimate of drug-likeness (QED) is 0.886. The first-order chi connectivity index (χ1) is 9.47. The highest BCUT2D eigenvalue weighted by Gasteiger charge is 2.32. The summed E-state index contributed by atoms with van der Waals surface area (Å²) in [7, 11) is 0. The molecular weight excluding hydrogens is 322 g/mol. The maximum absolute atomic E-state index is 12.1. The number of carboxylic acids is 1. The van der Waals surface area contributed by atoms with E-state index < -0.39 is 5.97 Å². The average Bonchev–Trinajstić information content (AvgIpc) is 2.83. The summed E-state index contributed by atoms with van der Waals surface area (Å²) in [4.78, 5) is 23.2. The lowest BCUT2D eigenvalue weighted by Crippen LogP contribution is -2.33. The molecule has 2 rings (SSSR count). The van der Waals surface area contributed by atoms with Gasteiger partial charge in [0.2, 0.25) is 0 Å². The lowest BCUT2D eigenvalue weighted by Gasteiger charge is -2.16. The van der Waals surface area contributed by atoms with Crippen LogP contribution in [0.15, 0.2) is 22.7 Å². The number of halogens is 1. The van der Waals surface area contributed by atoms with Gasteiger partial charge in [-0.1, -0.05) is 22.4 Å². The maximum Gasteiger partial charge on any atom is 0.306 e. The molecule has 20 heavy (non-hydrogen) atoms. The molecule has 0 radical (unpaired) electrons. The topological polar surface area (TPSA) is 66.4 Å². The zero-order valence-electron chi connectivity index (χ0n) is 11.4. The monoisotopic (exact) mass is 339 g/mol. The van der Waals surface area contributed by atoms with Crippen LogP contribution in [-0.4, -0.2) is 23.5 Å². The Kier molecular flexibility index (Phi) is 4.81. The van der Waals surface area contributed by atoms with E-state index in [0.717, 1.165) is 22.9 Å². The summed E-state index contributed by atoms with van der Waals surface area (Å²) in [6.07, 6.45) is 2.51. The first kappa shape index (κ1) is 15.0. The number of rotatable bonds is 4. The Balaban J connectivity index is 1.96. The molecule has 1 fully saturated rings. The standard InChI is InChI=1S/C15H18BrNO3/c1-9-5-11(7-12(16)6-9)14(18)17-8-10-3-2-4-13(10)15(19)20/h5-7,10,13H,2-4,8H2,1H3,(H,17,18)(H,19,20). The molecule has 2 atom stereocenters. The average molecular weight is 340 g/mol. The molecule has 1 aliphatic carbocycles. The second-order valence-corrected chi connectivity index (χ2v) is 6.28. The maximum atomic E-state index is 12.1. The van der Waals surface area contributed by atoms with Crippen LogP contribution < -0.4 is 5.32 Å². The molecule has 1 aromatic rings. The number of hydrogen-bond donors (Lipinski definition) is 2. The predicted molar refractivity (Wildman–Crippen MR) is 79.7 cm³/mol. The SMILES string of the molecule is Cc1cc(Br)cc(C(=O)NCC2CCCC2C(=O)O)c1. The first-order valence-electron chi connectivity index (χ1n) is 6.75. The van der Waals surface area contributed by atoms with E-state index in [1.807, 2.05) is 19.1 Å². The van der Waals surface area contributed by atoms with Crippen molar-refractivity contribution in [2.24, 2.45) is 11.8 Å². The Hall–Kier alpha value is -1.36. The van der Waals surface area contributed by atoms with Crippen LogP contribution in [0, 0.1) is 18.8 Å². The third-order valence-corrected chi connectivity index (χ3v) is 4.26. The summed E-state index contributed by atoms with van der Waals surface area (Å²) < 4.78 is 0.868. The van der Waals surface area contributed by atoms with E-state index >= 15 is 0 Å². The van der Waals surface area contributed by atoms with E-state index in [9.17, 15) is 9.59 Å². The number of aliphatic carboxylic acids is 1. The summed E-state index contributed by atoms with van der Waals surface area (Å²) in [5.41, 5.74) is 1.61. The van der Waals surface area contributed by atoms with Crippen molar-refractivity contribution in [3.05, 3.63) is 33.8 Å². The Labute approximate surface area is 126 Å². The molecule has 108 valence electrons. The molecule has 0 bridgehead atoms. The summed E-state index contributed by atoms with van der Waals surface area (Å²) in [6.45, 7) is 2.36. The molecule has 0 saturated heterocycles. The smallest absolute Gasteiger partial charge is 0.306 e. The fourth-order valence-electron chi connectivity index (χ4n) is 2.80. The molecule has 0 aliphatic heterocycles. The molecule has 1 amide bonds. The lowest BCUT2D eigenvalue weighted by molar-refractivity contribution is -0.142. The molecule has 0 aromatic heterocycles. The molecule has 0 spiro atoms. The van der Waals surface area contributed by atoms with Crippen molar-refractivity contribution in [3.8, 4) is 0 Å². The molecule has 5 heteroatoms. The molecular formula is C15H18BrNO3. The van der Waals surface area contributed by atoms with Crippen molar-refractivity contribution < 1.29 is 14.7 Å². The zero-order valence-corrected chi connectivity index (χ0v) is 12.9.